The number of hydrogen-bond donors (Lipinski definition) is 2. The lowest BCUT2D eigenvalue weighted by Crippen LogP contribution is -2.43. The summed E-state index contributed by atoms with van der Waals surface area (Å²) in [4.78, 5) is 11.5. The van der Waals surface area contributed by atoms with Crippen LogP contribution in [-0.4, -0.2) is 25.0 Å². The molecule has 1 saturated heterocycles. The van der Waals surface area contributed by atoms with Crippen molar-refractivity contribution in [1.82, 2.24) is 10.6 Å². The molecule has 0 aromatic rings. The second-order valence-corrected chi connectivity index (χ2v) is 4.19. The molecule has 1 atom stereocenters. The van der Waals surface area contributed by atoms with Crippen LogP contribution in [0.5, 0.6) is 0 Å². The molecular formula is C10H18N2O. The smallest absolute Gasteiger partial charge is 0.237 e. The lowest BCUT2D eigenvalue weighted by Gasteiger charge is -2.26. The normalized spacial score (nSPS) is 28.5. The van der Waals surface area contributed by atoms with Crippen LogP contribution in [0.25, 0.3) is 0 Å². The van der Waals surface area contributed by atoms with Gasteiger partial charge in [-0.3, -0.25) is 4.79 Å². The van der Waals surface area contributed by atoms with E-state index in [1.807, 2.05) is 0 Å². The van der Waals surface area contributed by atoms with E-state index in [0.29, 0.717) is 0 Å². The Labute approximate surface area is 79.3 Å². The quantitative estimate of drug-likeness (QED) is 0.673. The molecule has 2 rings (SSSR count). The summed E-state index contributed by atoms with van der Waals surface area (Å²) in [6, 6.07) is 0.0973. The van der Waals surface area contributed by atoms with Crippen molar-refractivity contribution < 1.29 is 4.79 Å². The van der Waals surface area contributed by atoms with E-state index in [2.05, 4.69) is 10.6 Å². The van der Waals surface area contributed by atoms with Gasteiger partial charge in [-0.2, -0.15) is 0 Å². The largest absolute Gasteiger partial charge is 0.354 e. The van der Waals surface area contributed by atoms with E-state index >= 15 is 0 Å². The van der Waals surface area contributed by atoms with Crippen molar-refractivity contribution in [2.24, 2.45) is 5.92 Å². The second-order valence-electron chi connectivity index (χ2n) is 4.19. The van der Waals surface area contributed by atoms with Crippen LogP contribution in [0.4, 0.5) is 0 Å². The topological polar surface area (TPSA) is 41.1 Å². The maximum absolute atomic E-state index is 11.5. The zero-order valence-corrected chi connectivity index (χ0v) is 8.01. The first-order valence-corrected chi connectivity index (χ1v) is 5.37. The molecule has 1 amide bonds. The fraction of sp³-hybridized carbons (Fsp3) is 0.900. The van der Waals surface area contributed by atoms with Gasteiger partial charge in [-0.25, -0.2) is 0 Å². The molecule has 3 heteroatoms. The third-order valence-corrected chi connectivity index (χ3v) is 3.17. The maximum Gasteiger partial charge on any atom is 0.237 e. The highest BCUT2D eigenvalue weighted by Gasteiger charge is 2.23. The van der Waals surface area contributed by atoms with Crippen LogP contribution in [0, 0.1) is 5.92 Å². The van der Waals surface area contributed by atoms with E-state index in [0.717, 1.165) is 31.8 Å². The molecule has 1 unspecified atom stereocenters. The second kappa shape index (κ2) is 4.09. The van der Waals surface area contributed by atoms with Crippen LogP contribution in [0.1, 0.15) is 32.1 Å². The molecular weight excluding hydrogens is 164 g/mol. The summed E-state index contributed by atoms with van der Waals surface area (Å²) in [5.41, 5.74) is 0. The highest BCUT2D eigenvalue weighted by Crippen LogP contribution is 2.25. The van der Waals surface area contributed by atoms with Gasteiger partial charge in [0.1, 0.15) is 0 Å². The third kappa shape index (κ3) is 2.21. The number of carbonyl (C=O) groups excluding carboxylic acids is 1. The van der Waals surface area contributed by atoms with Gasteiger partial charge in [-0.05, 0) is 38.1 Å². The molecule has 1 saturated carbocycles. The first-order chi connectivity index (χ1) is 6.36. The SMILES string of the molecule is O=C(NCC1CCC1)C1CCCN1. The first-order valence-electron chi connectivity index (χ1n) is 5.37. The molecule has 1 heterocycles. The van der Waals surface area contributed by atoms with Gasteiger partial charge in [-0.1, -0.05) is 6.42 Å². The van der Waals surface area contributed by atoms with Crippen molar-refractivity contribution in [3.8, 4) is 0 Å². The first kappa shape index (κ1) is 9.00. The molecule has 13 heavy (non-hydrogen) atoms. The Kier molecular flexibility index (Phi) is 2.83. The van der Waals surface area contributed by atoms with E-state index in [1.54, 1.807) is 0 Å². The van der Waals surface area contributed by atoms with Crippen molar-refractivity contribution in [1.29, 1.82) is 0 Å². The van der Waals surface area contributed by atoms with Gasteiger partial charge in [0.15, 0.2) is 0 Å². The molecule has 2 aliphatic rings. The number of nitrogens with one attached hydrogen (secondary N) is 2. The molecule has 0 aromatic carbocycles. The Balaban J connectivity index is 1.65. The van der Waals surface area contributed by atoms with Crippen LogP contribution < -0.4 is 10.6 Å². The van der Waals surface area contributed by atoms with Crippen molar-refractivity contribution in [2.75, 3.05) is 13.1 Å². The zero-order valence-electron chi connectivity index (χ0n) is 8.01. The van der Waals surface area contributed by atoms with Crippen LogP contribution in [0.3, 0.4) is 0 Å². The number of rotatable bonds is 3. The highest BCUT2D eigenvalue weighted by atomic mass is 16.2. The van der Waals surface area contributed by atoms with Gasteiger partial charge in [0.05, 0.1) is 6.04 Å². The van der Waals surface area contributed by atoms with Crippen LogP contribution in [0.2, 0.25) is 0 Å². The standard InChI is InChI=1S/C10H18N2O/c13-10(9-5-2-6-11-9)12-7-8-3-1-4-8/h8-9,11H,1-7H2,(H,12,13). The Morgan fingerprint density at radius 2 is 2.15 bits per heavy atom. The van der Waals surface area contributed by atoms with E-state index in [9.17, 15) is 4.79 Å². The minimum Gasteiger partial charge on any atom is -0.354 e. The summed E-state index contributed by atoms with van der Waals surface area (Å²) >= 11 is 0. The zero-order chi connectivity index (χ0) is 9.10. The molecule has 3 nitrogen and oxygen atoms in total. The minimum absolute atomic E-state index is 0.0973. The van der Waals surface area contributed by atoms with Crippen molar-refractivity contribution in [3.05, 3.63) is 0 Å². The van der Waals surface area contributed by atoms with E-state index in [4.69, 9.17) is 0 Å². The third-order valence-electron chi connectivity index (χ3n) is 3.17. The minimum atomic E-state index is 0.0973. The highest BCUT2D eigenvalue weighted by molar-refractivity contribution is 5.81. The molecule has 0 aromatic heterocycles. The number of amides is 1. The van der Waals surface area contributed by atoms with Gasteiger partial charge in [-0.15, -0.1) is 0 Å². The lowest BCUT2D eigenvalue weighted by molar-refractivity contribution is -0.123. The summed E-state index contributed by atoms with van der Waals surface area (Å²) in [5, 5.41) is 6.23. The van der Waals surface area contributed by atoms with Crippen molar-refractivity contribution in [2.45, 2.75) is 38.1 Å². The number of hydrogen-bond acceptors (Lipinski definition) is 2. The van der Waals surface area contributed by atoms with Crippen LogP contribution >= 0.6 is 0 Å². The Morgan fingerprint density at radius 3 is 2.69 bits per heavy atom. The Morgan fingerprint density at radius 1 is 1.31 bits per heavy atom. The maximum atomic E-state index is 11.5. The van der Waals surface area contributed by atoms with E-state index in [-0.39, 0.29) is 11.9 Å². The van der Waals surface area contributed by atoms with Gasteiger partial charge >= 0.3 is 0 Å². The predicted octanol–water partition coefficient (Wildman–Crippen LogP) is 0.655. The van der Waals surface area contributed by atoms with Gasteiger partial charge in [0.25, 0.3) is 0 Å². The summed E-state index contributed by atoms with van der Waals surface area (Å²) in [5.74, 6) is 0.981. The molecule has 0 spiro atoms. The number of carbonyl (C=O) groups is 1. The van der Waals surface area contributed by atoms with Crippen molar-refractivity contribution in [3.63, 3.8) is 0 Å². The Bertz CT molecular complexity index is 183. The predicted molar refractivity (Wildman–Crippen MR) is 51.4 cm³/mol. The van der Waals surface area contributed by atoms with E-state index < -0.39 is 0 Å². The van der Waals surface area contributed by atoms with E-state index in [1.165, 1.54) is 19.3 Å². The molecule has 0 bridgehead atoms. The fourth-order valence-corrected chi connectivity index (χ4v) is 1.97. The van der Waals surface area contributed by atoms with Crippen LogP contribution in [0.15, 0.2) is 0 Å². The van der Waals surface area contributed by atoms with Gasteiger partial charge in [0.2, 0.25) is 5.91 Å². The van der Waals surface area contributed by atoms with Gasteiger partial charge < -0.3 is 10.6 Å². The fourth-order valence-electron chi connectivity index (χ4n) is 1.97. The molecule has 2 fully saturated rings. The molecule has 2 N–H and O–H groups in total. The molecule has 74 valence electrons. The lowest BCUT2D eigenvalue weighted by atomic mass is 9.85. The summed E-state index contributed by atoms with van der Waals surface area (Å²) < 4.78 is 0. The molecule has 0 radical (unpaired) electrons. The monoisotopic (exact) mass is 182 g/mol. The average Bonchev–Trinajstić information content (AvgIpc) is 2.52. The molecule has 1 aliphatic heterocycles. The summed E-state index contributed by atoms with van der Waals surface area (Å²) in [6.07, 6.45) is 6.11. The summed E-state index contributed by atoms with van der Waals surface area (Å²) in [6.45, 7) is 1.90. The van der Waals surface area contributed by atoms with Crippen molar-refractivity contribution >= 4 is 5.91 Å². The van der Waals surface area contributed by atoms with Crippen LogP contribution in [-0.2, 0) is 4.79 Å². The average molecular weight is 182 g/mol. The Hall–Kier alpha value is -0.570. The molecule has 1 aliphatic carbocycles. The van der Waals surface area contributed by atoms with Gasteiger partial charge in [0, 0.05) is 6.54 Å². The summed E-state index contributed by atoms with van der Waals surface area (Å²) in [7, 11) is 0.